The molecule has 0 saturated heterocycles. The minimum absolute atomic E-state index is 0.0397. The first-order chi connectivity index (χ1) is 10.1. The smallest absolute Gasteiger partial charge is 0.256 e. The van der Waals surface area contributed by atoms with Crippen LogP contribution in [0.5, 0.6) is 0 Å². The molecule has 1 unspecified atom stereocenters. The second-order valence-electron chi connectivity index (χ2n) is 5.89. The molecule has 2 aliphatic rings. The summed E-state index contributed by atoms with van der Waals surface area (Å²) in [7, 11) is 3.55. The molecule has 1 amide bonds. The summed E-state index contributed by atoms with van der Waals surface area (Å²) in [5, 5.41) is 0. The van der Waals surface area contributed by atoms with Gasteiger partial charge in [0.15, 0.2) is 0 Å². The van der Waals surface area contributed by atoms with Gasteiger partial charge in [-0.05, 0) is 43.4 Å². The van der Waals surface area contributed by atoms with E-state index in [1.807, 2.05) is 7.05 Å². The Bertz CT molecular complexity index is 545. The van der Waals surface area contributed by atoms with Crippen LogP contribution in [-0.4, -0.2) is 39.3 Å². The Hall–Kier alpha value is -1.62. The van der Waals surface area contributed by atoms with Crippen molar-refractivity contribution < 1.29 is 13.9 Å². The van der Waals surface area contributed by atoms with Crippen LogP contribution in [0.3, 0.4) is 0 Å². The quantitative estimate of drug-likeness (QED) is 0.858. The highest BCUT2D eigenvalue weighted by molar-refractivity contribution is 6.00. The summed E-state index contributed by atoms with van der Waals surface area (Å²) in [6, 6.07) is 4.64. The fourth-order valence-corrected chi connectivity index (χ4v) is 3.02. The van der Waals surface area contributed by atoms with E-state index in [0.717, 1.165) is 31.5 Å². The number of rotatable bonds is 3. The van der Waals surface area contributed by atoms with Gasteiger partial charge in [-0.15, -0.1) is 0 Å². The number of carbonyl (C=O) groups is 1. The van der Waals surface area contributed by atoms with Crippen LogP contribution in [0.25, 0.3) is 0 Å². The zero-order chi connectivity index (χ0) is 15.0. The van der Waals surface area contributed by atoms with Crippen molar-refractivity contribution in [3.63, 3.8) is 0 Å². The summed E-state index contributed by atoms with van der Waals surface area (Å²) >= 11 is 0. The van der Waals surface area contributed by atoms with Gasteiger partial charge in [0.2, 0.25) is 0 Å². The molecular weight excluding hydrogens is 271 g/mol. The lowest BCUT2D eigenvalue weighted by molar-refractivity contribution is -0.129. The fraction of sp³-hybridized carbons (Fsp3) is 0.562. The molecule has 1 aliphatic carbocycles. The molecule has 1 aliphatic heterocycles. The highest BCUT2D eigenvalue weighted by Crippen LogP contribution is 2.38. The highest BCUT2D eigenvalue weighted by Gasteiger charge is 2.39. The number of ether oxygens (including phenoxy) is 1. The van der Waals surface area contributed by atoms with Gasteiger partial charge in [0, 0.05) is 27.2 Å². The molecule has 0 radical (unpaired) electrons. The van der Waals surface area contributed by atoms with E-state index in [9.17, 15) is 9.18 Å². The van der Waals surface area contributed by atoms with E-state index in [4.69, 9.17) is 4.74 Å². The third-order valence-electron chi connectivity index (χ3n) is 4.33. The van der Waals surface area contributed by atoms with Crippen LogP contribution in [-0.2, 0) is 9.53 Å². The Labute approximate surface area is 124 Å². The first-order valence-corrected chi connectivity index (χ1v) is 7.46. The Morgan fingerprint density at radius 1 is 1.33 bits per heavy atom. The maximum absolute atomic E-state index is 13.7. The molecule has 5 heteroatoms. The Balaban J connectivity index is 1.96. The lowest BCUT2D eigenvalue weighted by Gasteiger charge is -2.27. The summed E-state index contributed by atoms with van der Waals surface area (Å²) < 4.78 is 19.1. The molecule has 0 spiro atoms. The van der Waals surface area contributed by atoms with Gasteiger partial charge in [-0.2, -0.15) is 0 Å². The van der Waals surface area contributed by atoms with Crippen molar-refractivity contribution in [3.8, 4) is 0 Å². The van der Waals surface area contributed by atoms with E-state index in [0.29, 0.717) is 18.2 Å². The molecule has 1 atom stereocenters. The number of carbonyl (C=O) groups excluding carboxylic acids is 1. The van der Waals surface area contributed by atoms with Crippen molar-refractivity contribution in [1.29, 1.82) is 0 Å². The molecule has 4 nitrogen and oxygen atoms in total. The number of halogens is 1. The minimum Gasteiger partial charge on any atom is -0.373 e. The van der Waals surface area contributed by atoms with Gasteiger partial charge in [-0.3, -0.25) is 4.79 Å². The van der Waals surface area contributed by atoms with E-state index in [-0.39, 0.29) is 11.7 Å². The van der Waals surface area contributed by atoms with Gasteiger partial charge in [-0.25, -0.2) is 4.39 Å². The molecular formula is C16H21FN2O2. The molecule has 0 bridgehead atoms. The number of hydrogen-bond acceptors (Lipinski definition) is 3. The van der Waals surface area contributed by atoms with Crippen molar-refractivity contribution in [3.05, 3.63) is 24.0 Å². The van der Waals surface area contributed by atoms with Crippen molar-refractivity contribution >= 4 is 17.3 Å². The molecule has 114 valence electrons. The highest BCUT2D eigenvalue weighted by atomic mass is 19.1. The average molecular weight is 292 g/mol. The Morgan fingerprint density at radius 3 is 2.76 bits per heavy atom. The topological polar surface area (TPSA) is 32.8 Å². The van der Waals surface area contributed by atoms with E-state index >= 15 is 0 Å². The monoisotopic (exact) mass is 292 g/mol. The van der Waals surface area contributed by atoms with Crippen molar-refractivity contribution in [1.82, 2.24) is 0 Å². The van der Waals surface area contributed by atoms with Gasteiger partial charge >= 0.3 is 0 Å². The third kappa shape index (κ3) is 2.75. The van der Waals surface area contributed by atoms with Crippen LogP contribution in [0.15, 0.2) is 18.2 Å². The summed E-state index contributed by atoms with van der Waals surface area (Å²) in [6.07, 6.45) is 2.53. The van der Waals surface area contributed by atoms with Crippen LogP contribution in [0.2, 0.25) is 0 Å². The van der Waals surface area contributed by atoms with Crippen LogP contribution >= 0.6 is 0 Å². The zero-order valence-electron chi connectivity index (χ0n) is 12.5. The second-order valence-corrected chi connectivity index (χ2v) is 5.89. The number of anilines is 2. The molecule has 1 aromatic rings. The second kappa shape index (κ2) is 5.64. The molecule has 1 saturated carbocycles. The predicted molar refractivity (Wildman–Crippen MR) is 80.2 cm³/mol. The van der Waals surface area contributed by atoms with E-state index in [2.05, 4.69) is 4.90 Å². The third-order valence-corrected chi connectivity index (χ3v) is 4.33. The van der Waals surface area contributed by atoms with Gasteiger partial charge < -0.3 is 14.5 Å². The summed E-state index contributed by atoms with van der Waals surface area (Å²) in [5.41, 5.74) is 1.55. The number of benzene rings is 1. The van der Waals surface area contributed by atoms with Crippen LogP contribution < -0.4 is 9.80 Å². The number of hydrogen-bond donors (Lipinski definition) is 0. The zero-order valence-corrected chi connectivity index (χ0v) is 12.5. The van der Waals surface area contributed by atoms with Crippen molar-refractivity contribution in [2.45, 2.75) is 25.4 Å². The van der Waals surface area contributed by atoms with E-state index in [1.54, 1.807) is 18.1 Å². The van der Waals surface area contributed by atoms with E-state index in [1.165, 1.54) is 12.1 Å². The van der Waals surface area contributed by atoms with E-state index < -0.39 is 6.10 Å². The number of amides is 1. The van der Waals surface area contributed by atoms with Crippen LogP contribution in [0.4, 0.5) is 15.8 Å². The Morgan fingerprint density at radius 2 is 2.10 bits per heavy atom. The summed E-state index contributed by atoms with van der Waals surface area (Å²) in [4.78, 5) is 16.6. The summed E-state index contributed by atoms with van der Waals surface area (Å²) in [5.74, 6) is -0.0371. The number of methoxy groups -OCH3 is 1. The number of nitrogens with zero attached hydrogens (tertiary/aromatic N) is 2. The van der Waals surface area contributed by atoms with Crippen molar-refractivity contribution in [2.75, 3.05) is 37.0 Å². The maximum atomic E-state index is 13.7. The first kappa shape index (κ1) is 14.3. The van der Waals surface area contributed by atoms with Gasteiger partial charge in [0.25, 0.3) is 5.91 Å². The predicted octanol–water partition coefficient (Wildman–Crippen LogP) is 2.42. The molecule has 0 aromatic heterocycles. The lowest BCUT2D eigenvalue weighted by atomic mass is 10.1. The normalized spacial score (nSPS) is 20.0. The van der Waals surface area contributed by atoms with Crippen LogP contribution in [0, 0.1) is 11.7 Å². The van der Waals surface area contributed by atoms with Crippen molar-refractivity contribution in [2.24, 2.45) is 5.92 Å². The fourth-order valence-electron chi connectivity index (χ4n) is 3.02. The molecule has 1 aromatic carbocycles. The van der Waals surface area contributed by atoms with Gasteiger partial charge in [-0.1, -0.05) is 0 Å². The first-order valence-electron chi connectivity index (χ1n) is 7.46. The lowest BCUT2D eigenvalue weighted by Crippen LogP contribution is -2.41. The summed E-state index contributed by atoms with van der Waals surface area (Å²) in [6.45, 7) is 1.45. The molecule has 21 heavy (non-hydrogen) atoms. The number of fused-ring (bicyclic) bond motifs is 1. The maximum Gasteiger partial charge on any atom is 0.256 e. The SMILES string of the molecule is COC(C(=O)N1CCCN(C)c2ccc(F)cc21)C1CC1. The van der Waals surface area contributed by atoms with Crippen LogP contribution in [0.1, 0.15) is 19.3 Å². The molecule has 3 rings (SSSR count). The Kier molecular flexibility index (Phi) is 3.85. The molecule has 1 fully saturated rings. The largest absolute Gasteiger partial charge is 0.373 e. The molecule has 1 heterocycles. The van der Waals surface area contributed by atoms with Gasteiger partial charge in [0.05, 0.1) is 11.4 Å². The van der Waals surface area contributed by atoms with Gasteiger partial charge in [0.1, 0.15) is 11.9 Å². The average Bonchev–Trinajstić information content (AvgIpc) is 3.28. The minimum atomic E-state index is -0.399. The molecule has 0 N–H and O–H groups in total. The standard InChI is InChI=1S/C16H21FN2O2/c1-18-8-3-9-19(14-10-12(17)6-7-13(14)18)16(20)15(21-2)11-4-5-11/h6-7,10-11,15H,3-5,8-9H2,1-2H3.